The minimum Gasteiger partial charge on any atom is -0.306 e. The van der Waals surface area contributed by atoms with Gasteiger partial charge < -0.3 is 4.90 Å². The van der Waals surface area contributed by atoms with Crippen LogP contribution in [-0.2, 0) is 6.54 Å². The first-order chi connectivity index (χ1) is 8.15. The van der Waals surface area contributed by atoms with Crippen molar-refractivity contribution in [2.45, 2.75) is 25.4 Å². The average molecular weight is 235 g/mol. The molecule has 0 unspecified atom stereocenters. The highest BCUT2D eigenvalue weighted by Crippen LogP contribution is 2.16. The Bertz CT molecular complexity index is 357. The summed E-state index contributed by atoms with van der Waals surface area (Å²) in [7, 11) is 4.28. The number of rotatable bonds is 3. The summed E-state index contributed by atoms with van der Waals surface area (Å²) < 4.78 is 13.0. The summed E-state index contributed by atoms with van der Waals surface area (Å²) in [5, 5.41) is 0. The molecular weight excluding hydrogens is 215 g/mol. The number of nitrogens with zero attached hydrogens (tertiary/aromatic N) is 2. The van der Waals surface area contributed by atoms with E-state index in [9.17, 15) is 4.39 Å². The van der Waals surface area contributed by atoms with E-state index in [-0.39, 0.29) is 5.82 Å². The molecule has 93 valence electrons. The topological polar surface area (TPSA) is 6.48 Å². The summed E-state index contributed by atoms with van der Waals surface area (Å²) >= 11 is 0. The highest BCUT2D eigenvalue weighted by Gasteiger charge is 2.20. The van der Waals surface area contributed by atoms with Crippen LogP contribution in [0.1, 0.15) is 18.4 Å². The van der Waals surface area contributed by atoms with E-state index < -0.39 is 0 Å². The van der Waals surface area contributed by atoms with E-state index >= 15 is 0 Å². The highest BCUT2D eigenvalue weighted by atomic mass is 19.1. The molecule has 0 N–H and O–H groups in total. The van der Waals surface area contributed by atoms with Gasteiger partial charge in [-0.15, -0.1) is 0 Å². The summed E-state index contributed by atoms with van der Waals surface area (Å²) in [5.74, 6) is -0.259. The molecule has 1 aromatic rings. The molecule has 0 bridgehead atoms. The number of piperidine rings is 1. The van der Waals surface area contributed by atoms with Crippen molar-refractivity contribution in [3.8, 4) is 0 Å². The Labute approximate surface area is 103 Å². The first-order valence-corrected chi connectivity index (χ1v) is 6.20. The Balaban J connectivity index is 1.86. The van der Waals surface area contributed by atoms with Gasteiger partial charge in [0, 0.05) is 18.7 Å². The molecule has 0 amide bonds. The first-order valence-electron chi connectivity index (χ1n) is 6.20. The van der Waals surface area contributed by atoms with Gasteiger partial charge in [-0.2, -0.15) is 0 Å². The van der Waals surface area contributed by atoms with Crippen molar-refractivity contribution in [1.82, 2.24) is 9.80 Å². The molecule has 0 saturated carbocycles. The number of hydrogen-bond acceptors (Lipinski definition) is 2. The molecule has 0 atom stereocenters. The molecule has 17 heavy (non-hydrogen) atoms. The van der Waals surface area contributed by atoms with Gasteiger partial charge in [-0.25, -0.2) is 4.39 Å². The lowest BCUT2D eigenvalue weighted by atomic mass is 10.0. The van der Waals surface area contributed by atoms with Gasteiger partial charge in [-0.05, 0) is 51.7 Å². The van der Waals surface area contributed by atoms with Crippen molar-refractivity contribution in [3.05, 3.63) is 35.6 Å². The van der Waals surface area contributed by atoms with E-state index in [0.717, 1.165) is 25.2 Å². The van der Waals surface area contributed by atoms with Crippen LogP contribution >= 0.6 is 0 Å². The molecule has 2 nitrogen and oxygen atoms in total. The van der Waals surface area contributed by atoms with Gasteiger partial charge in [0.25, 0.3) is 0 Å². The summed E-state index contributed by atoms with van der Waals surface area (Å²) in [6, 6.07) is 8.43. The van der Waals surface area contributed by atoms with Crippen molar-refractivity contribution in [2.24, 2.45) is 0 Å². The zero-order valence-corrected chi connectivity index (χ0v) is 10.6. The molecule has 0 aromatic heterocycles. The summed E-state index contributed by atoms with van der Waals surface area (Å²) in [6.45, 7) is 3.05. The Hall–Kier alpha value is -0.930. The first kappa shape index (κ1) is 12.5. The van der Waals surface area contributed by atoms with Crippen LogP contribution in [0.3, 0.4) is 0 Å². The summed E-state index contributed by atoms with van der Waals surface area (Å²) in [4.78, 5) is 4.70. The van der Waals surface area contributed by atoms with E-state index in [4.69, 9.17) is 0 Å². The Morgan fingerprint density at radius 3 is 2.71 bits per heavy atom. The van der Waals surface area contributed by atoms with Gasteiger partial charge in [0.2, 0.25) is 0 Å². The minimum atomic E-state index is -0.259. The number of likely N-dealkylation sites (tertiary alicyclic amines) is 1. The third kappa shape index (κ3) is 3.51. The number of benzene rings is 1. The lowest BCUT2D eigenvalue weighted by Gasteiger charge is -2.35. The van der Waals surface area contributed by atoms with Gasteiger partial charge in [-0.1, -0.05) is 12.1 Å². The largest absolute Gasteiger partial charge is 0.306 e. The summed E-state index contributed by atoms with van der Waals surface area (Å²) in [6.07, 6.45) is 2.41. The second kappa shape index (κ2) is 5.61. The van der Waals surface area contributed by atoms with Crippen molar-refractivity contribution >= 4 is 0 Å². The van der Waals surface area contributed by atoms with E-state index in [0.29, 0.717) is 6.04 Å². The Morgan fingerprint density at radius 2 is 2.12 bits per heavy atom. The van der Waals surface area contributed by atoms with Crippen LogP contribution in [0.2, 0.25) is 0 Å². The predicted octanol–water partition coefficient (Wildman–Crippen LogP) is 2.15. The van der Waals surface area contributed by atoms with E-state index in [1.165, 1.54) is 12.8 Å². The number of hydrogen-bond donors (Lipinski definition) is 0. The van der Waals surface area contributed by atoms with E-state index in [1.54, 1.807) is 12.1 Å². The molecule has 2 rings (SSSR count). The molecule has 1 aromatic carbocycles. The molecule has 1 aliphatic heterocycles. The fraction of sp³-hybridized carbons (Fsp3) is 0.571. The fourth-order valence-electron chi connectivity index (χ4n) is 2.43. The van der Waals surface area contributed by atoms with Crippen LogP contribution in [0.15, 0.2) is 18.2 Å². The summed E-state index contributed by atoms with van der Waals surface area (Å²) in [5.41, 5.74) is 1.05. The van der Waals surface area contributed by atoms with Gasteiger partial charge in [0.05, 0.1) is 0 Å². The van der Waals surface area contributed by atoms with E-state index in [1.807, 2.05) is 6.07 Å². The maximum absolute atomic E-state index is 13.0. The Morgan fingerprint density at radius 1 is 1.41 bits per heavy atom. The lowest BCUT2D eigenvalue weighted by Crippen LogP contribution is -2.41. The second-order valence-corrected chi connectivity index (χ2v) is 5.02. The van der Waals surface area contributed by atoms with Gasteiger partial charge in [0.15, 0.2) is 0 Å². The third-order valence-electron chi connectivity index (χ3n) is 3.52. The van der Waals surface area contributed by atoms with E-state index in [2.05, 4.69) is 30.0 Å². The second-order valence-electron chi connectivity index (χ2n) is 5.02. The molecular formula is C14H20FN2. The molecule has 3 heteroatoms. The van der Waals surface area contributed by atoms with Crippen LogP contribution in [0, 0.1) is 11.9 Å². The quantitative estimate of drug-likeness (QED) is 0.792. The standard InChI is InChI=1S/C14H20FN2/c1-16(2)14-6-8-17(9-7-14)11-12-4-3-5-13(15)10-12/h3-4,10,14H,6-9,11H2,1-2H3. The smallest absolute Gasteiger partial charge is 0.131 e. The Kier molecular flexibility index (Phi) is 4.13. The third-order valence-corrected chi connectivity index (χ3v) is 3.52. The molecule has 1 heterocycles. The van der Waals surface area contributed by atoms with Crippen LogP contribution in [-0.4, -0.2) is 43.0 Å². The maximum atomic E-state index is 13.0. The zero-order valence-electron chi connectivity index (χ0n) is 10.6. The molecule has 0 aliphatic carbocycles. The van der Waals surface area contributed by atoms with Crippen molar-refractivity contribution in [1.29, 1.82) is 0 Å². The van der Waals surface area contributed by atoms with Gasteiger partial charge in [0.1, 0.15) is 5.82 Å². The average Bonchev–Trinajstić information content (AvgIpc) is 2.29. The monoisotopic (exact) mass is 235 g/mol. The SMILES string of the molecule is CN(C)C1CCN(Cc2cc[c]c(F)c2)CC1. The fourth-order valence-corrected chi connectivity index (χ4v) is 2.43. The van der Waals surface area contributed by atoms with Crippen LogP contribution in [0.4, 0.5) is 4.39 Å². The lowest BCUT2D eigenvalue weighted by molar-refractivity contribution is 0.140. The zero-order chi connectivity index (χ0) is 12.3. The van der Waals surface area contributed by atoms with Gasteiger partial charge >= 0.3 is 0 Å². The molecule has 1 aliphatic rings. The normalized spacial score (nSPS) is 18.8. The van der Waals surface area contributed by atoms with Crippen molar-refractivity contribution < 1.29 is 4.39 Å². The molecule has 1 saturated heterocycles. The molecule has 1 fully saturated rings. The number of halogens is 1. The van der Waals surface area contributed by atoms with Gasteiger partial charge in [-0.3, -0.25) is 4.90 Å². The van der Waals surface area contributed by atoms with Crippen LogP contribution in [0.5, 0.6) is 0 Å². The van der Waals surface area contributed by atoms with Crippen molar-refractivity contribution in [2.75, 3.05) is 27.2 Å². The maximum Gasteiger partial charge on any atom is 0.131 e. The van der Waals surface area contributed by atoms with Crippen LogP contribution < -0.4 is 0 Å². The highest BCUT2D eigenvalue weighted by molar-refractivity contribution is 5.15. The molecule has 0 spiro atoms. The predicted molar refractivity (Wildman–Crippen MR) is 67.2 cm³/mol. The minimum absolute atomic E-state index is 0.259. The van der Waals surface area contributed by atoms with Crippen molar-refractivity contribution in [3.63, 3.8) is 0 Å². The molecule has 1 radical (unpaired) electrons. The van der Waals surface area contributed by atoms with Crippen LogP contribution in [0.25, 0.3) is 0 Å².